The summed E-state index contributed by atoms with van der Waals surface area (Å²) >= 11 is 0. The van der Waals surface area contributed by atoms with Crippen molar-refractivity contribution in [3.63, 3.8) is 0 Å². The molecule has 0 aliphatic heterocycles. The van der Waals surface area contributed by atoms with Gasteiger partial charge in [0.1, 0.15) is 0 Å². The summed E-state index contributed by atoms with van der Waals surface area (Å²) in [6.45, 7) is 4.72. The Morgan fingerprint density at radius 2 is 0.780 bits per heavy atom. The minimum atomic E-state index is -0.291. The van der Waals surface area contributed by atoms with Crippen molar-refractivity contribution < 1.29 is 0 Å². The van der Waals surface area contributed by atoms with Gasteiger partial charge in [0.05, 0.1) is 11.1 Å². The maximum atomic E-state index is 2.51. The van der Waals surface area contributed by atoms with Crippen LogP contribution in [-0.4, -0.2) is 0 Å². The van der Waals surface area contributed by atoms with E-state index in [-0.39, 0.29) is 10.8 Å². The number of rotatable bonds is 5. The minimum absolute atomic E-state index is 0.0947. The molecule has 0 aromatic heterocycles. The van der Waals surface area contributed by atoms with Crippen molar-refractivity contribution in [1.29, 1.82) is 0 Å². The predicted octanol–water partition coefficient (Wildman–Crippen LogP) is 15.1. The highest BCUT2D eigenvalue weighted by Crippen LogP contribution is 2.70. The van der Waals surface area contributed by atoms with Crippen molar-refractivity contribution in [3.05, 3.63) is 234 Å². The SMILES string of the molecule is CC1(C)c2ccccc2-c2c(N(c3ccc(-c4ccccc4)cc3)c3ccc(-c4ccc5c(c4)C46c7ccccc7-c7cccc(c74)-c4cccc-5c46)cc3)cccc21. The van der Waals surface area contributed by atoms with E-state index in [0.29, 0.717) is 0 Å². The molecule has 0 saturated heterocycles. The van der Waals surface area contributed by atoms with Crippen LogP contribution in [0.1, 0.15) is 47.2 Å². The first-order valence-corrected chi connectivity index (χ1v) is 20.8. The lowest BCUT2D eigenvalue weighted by Crippen LogP contribution is -2.23. The van der Waals surface area contributed by atoms with Gasteiger partial charge in [0.2, 0.25) is 0 Å². The molecule has 4 aliphatic rings. The van der Waals surface area contributed by atoms with Gasteiger partial charge in [-0.3, -0.25) is 0 Å². The Morgan fingerprint density at radius 3 is 1.44 bits per heavy atom. The second kappa shape index (κ2) is 11.7. The molecule has 0 heterocycles. The number of hydrogen-bond donors (Lipinski definition) is 0. The van der Waals surface area contributed by atoms with Gasteiger partial charge in [-0.1, -0.05) is 178 Å². The number of hydrogen-bond acceptors (Lipinski definition) is 1. The highest BCUT2D eigenvalue weighted by molar-refractivity contribution is 6.06. The summed E-state index contributed by atoms with van der Waals surface area (Å²) in [5, 5.41) is 0. The largest absolute Gasteiger partial charge is 0.310 e. The first-order chi connectivity index (χ1) is 29.0. The smallest absolute Gasteiger partial charge is 0.0737 e. The number of benzene rings is 9. The van der Waals surface area contributed by atoms with Gasteiger partial charge < -0.3 is 4.90 Å². The Hall–Kier alpha value is -7.22. The average molecular weight is 750 g/mol. The summed E-state index contributed by atoms with van der Waals surface area (Å²) in [6.07, 6.45) is 0. The lowest BCUT2D eigenvalue weighted by molar-refractivity contribution is 0.660. The Morgan fingerprint density at radius 1 is 0.322 bits per heavy atom. The molecule has 0 saturated carbocycles. The van der Waals surface area contributed by atoms with E-state index in [2.05, 4.69) is 219 Å². The third-order valence-corrected chi connectivity index (χ3v) is 14.0. The van der Waals surface area contributed by atoms with Gasteiger partial charge in [-0.05, 0) is 131 Å². The predicted molar refractivity (Wildman–Crippen MR) is 245 cm³/mol. The van der Waals surface area contributed by atoms with E-state index in [0.717, 1.165) is 11.4 Å². The van der Waals surface area contributed by atoms with Crippen LogP contribution in [0.3, 0.4) is 0 Å². The number of nitrogens with zero attached hydrogens (tertiary/aromatic N) is 1. The molecule has 59 heavy (non-hydrogen) atoms. The fourth-order valence-corrected chi connectivity index (χ4v) is 11.5. The molecule has 1 heteroatoms. The van der Waals surface area contributed by atoms with E-state index >= 15 is 0 Å². The Kier molecular flexibility index (Phi) is 6.50. The molecule has 0 bridgehead atoms. The fourth-order valence-electron chi connectivity index (χ4n) is 11.5. The molecule has 9 aromatic rings. The second-order valence-corrected chi connectivity index (χ2v) is 17.2. The Labute approximate surface area is 345 Å². The van der Waals surface area contributed by atoms with Crippen molar-refractivity contribution in [3.8, 4) is 66.8 Å². The van der Waals surface area contributed by atoms with Crippen molar-refractivity contribution >= 4 is 17.1 Å². The molecule has 1 nitrogen and oxygen atoms in total. The summed E-state index contributed by atoms with van der Waals surface area (Å²) in [6, 6.07) is 75.0. The van der Waals surface area contributed by atoms with Crippen molar-refractivity contribution in [2.24, 2.45) is 0 Å². The molecule has 0 radical (unpaired) electrons. The van der Waals surface area contributed by atoms with E-state index in [4.69, 9.17) is 0 Å². The maximum Gasteiger partial charge on any atom is 0.0737 e. The van der Waals surface area contributed by atoms with Crippen molar-refractivity contribution in [2.45, 2.75) is 24.7 Å². The van der Waals surface area contributed by atoms with Crippen LogP contribution in [0.15, 0.2) is 200 Å². The van der Waals surface area contributed by atoms with Gasteiger partial charge in [-0.15, -0.1) is 0 Å². The van der Waals surface area contributed by atoms with Crippen molar-refractivity contribution in [2.75, 3.05) is 4.90 Å². The van der Waals surface area contributed by atoms with Crippen LogP contribution >= 0.6 is 0 Å². The van der Waals surface area contributed by atoms with Gasteiger partial charge in [-0.25, -0.2) is 0 Å². The molecule has 0 fully saturated rings. The van der Waals surface area contributed by atoms with E-state index in [9.17, 15) is 0 Å². The first kappa shape index (κ1) is 32.8. The van der Waals surface area contributed by atoms with E-state index in [1.165, 1.54) is 106 Å². The van der Waals surface area contributed by atoms with Crippen LogP contribution in [0.2, 0.25) is 0 Å². The molecule has 1 unspecified atom stereocenters. The zero-order chi connectivity index (χ0) is 39.0. The maximum absolute atomic E-state index is 2.51. The second-order valence-electron chi connectivity index (χ2n) is 17.2. The summed E-state index contributed by atoms with van der Waals surface area (Å²) in [5.41, 5.74) is 27.3. The lowest BCUT2D eigenvalue weighted by Gasteiger charge is -2.29. The summed E-state index contributed by atoms with van der Waals surface area (Å²) in [5.74, 6) is 0. The van der Waals surface area contributed by atoms with Crippen LogP contribution in [0, 0.1) is 0 Å². The molecule has 276 valence electrons. The van der Waals surface area contributed by atoms with E-state index in [1.807, 2.05) is 0 Å². The normalized spacial score (nSPS) is 16.2. The molecule has 1 spiro atoms. The van der Waals surface area contributed by atoms with Crippen LogP contribution in [0.5, 0.6) is 0 Å². The molecule has 9 aromatic carbocycles. The standard InChI is InChI=1S/C58H39N/c1-57(2)49-21-8-7-16-48(49)54-51(57)23-12-24-53(54)59(40-30-25-37(26-31-40)36-13-4-3-5-14-36)41-32-27-38(28-33-41)39-29-34-43-45-18-11-20-47-46-19-10-17-44-42-15-6-9-22-50(42)58(55(44)46,56(45)47)52(43)35-39/h3-35H,1-2H3. The summed E-state index contributed by atoms with van der Waals surface area (Å²) < 4.78 is 0. The summed E-state index contributed by atoms with van der Waals surface area (Å²) in [4.78, 5) is 2.46. The molecule has 0 amide bonds. The quantitative estimate of drug-likeness (QED) is 0.169. The molecule has 4 aliphatic carbocycles. The molecular weight excluding hydrogens is 711 g/mol. The molecule has 1 atom stereocenters. The average Bonchev–Trinajstić information content (AvgIpc) is 3.96. The van der Waals surface area contributed by atoms with Gasteiger partial charge in [0.25, 0.3) is 0 Å². The van der Waals surface area contributed by atoms with Crippen molar-refractivity contribution in [1.82, 2.24) is 0 Å². The van der Waals surface area contributed by atoms with Gasteiger partial charge in [-0.2, -0.15) is 0 Å². The Balaban J connectivity index is 0.964. The van der Waals surface area contributed by atoms with E-state index < -0.39 is 0 Å². The molecule has 0 N–H and O–H groups in total. The van der Waals surface area contributed by atoms with Gasteiger partial charge in [0.15, 0.2) is 0 Å². The molecular formula is C58H39N. The number of fused-ring (bicyclic) bond motifs is 8. The number of anilines is 3. The Bertz CT molecular complexity index is 3190. The highest BCUT2D eigenvalue weighted by Gasteiger charge is 2.57. The first-order valence-electron chi connectivity index (χ1n) is 20.8. The highest BCUT2D eigenvalue weighted by atomic mass is 15.1. The topological polar surface area (TPSA) is 3.24 Å². The van der Waals surface area contributed by atoms with Gasteiger partial charge in [0, 0.05) is 22.4 Å². The summed E-state index contributed by atoms with van der Waals surface area (Å²) in [7, 11) is 0. The minimum Gasteiger partial charge on any atom is -0.310 e. The van der Waals surface area contributed by atoms with Crippen LogP contribution in [-0.2, 0) is 10.8 Å². The van der Waals surface area contributed by atoms with Crippen LogP contribution in [0.25, 0.3) is 66.8 Å². The van der Waals surface area contributed by atoms with Crippen LogP contribution < -0.4 is 4.90 Å². The zero-order valence-corrected chi connectivity index (χ0v) is 33.0. The van der Waals surface area contributed by atoms with Gasteiger partial charge >= 0.3 is 0 Å². The fraction of sp³-hybridized carbons (Fsp3) is 0.0690. The van der Waals surface area contributed by atoms with Crippen LogP contribution in [0.4, 0.5) is 17.1 Å². The molecule has 13 rings (SSSR count). The third kappa shape index (κ3) is 4.19. The van der Waals surface area contributed by atoms with E-state index in [1.54, 1.807) is 0 Å². The zero-order valence-electron chi connectivity index (χ0n) is 33.0. The monoisotopic (exact) mass is 749 g/mol. The third-order valence-electron chi connectivity index (χ3n) is 14.0. The lowest BCUT2D eigenvalue weighted by atomic mass is 9.73.